The van der Waals surface area contributed by atoms with E-state index < -0.39 is 0 Å². The Balaban J connectivity index is 2.30. The molecule has 3 nitrogen and oxygen atoms in total. The Kier molecular flexibility index (Phi) is 3.83. The standard InChI is InChI=1S/C14H17N3/c1-3-9-15-11(4-2)14-10-16-12-7-5-6-8-13(12)17-14/h4-8,10-11,15H,2-3,9H2,1H3. The zero-order chi connectivity index (χ0) is 12.1. The first-order chi connectivity index (χ1) is 8.35. The van der Waals surface area contributed by atoms with Gasteiger partial charge < -0.3 is 5.32 Å². The number of nitrogens with one attached hydrogen (secondary N) is 1. The summed E-state index contributed by atoms with van der Waals surface area (Å²) in [4.78, 5) is 9.01. The normalized spacial score (nSPS) is 12.5. The fourth-order valence-corrected chi connectivity index (χ4v) is 1.73. The fourth-order valence-electron chi connectivity index (χ4n) is 1.73. The minimum atomic E-state index is 0.0760. The lowest BCUT2D eigenvalue weighted by molar-refractivity contribution is 0.601. The highest BCUT2D eigenvalue weighted by Crippen LogP contribution is 2.14. The summed E-state index contributed by atoms with van der Waals surface area (Å²) in [5.74, 6) is 0. The lowest BCUT2D eigenvalue weighted by Gasteiger charge is -2.13. The van der Waals surface area contributed by atoms with Crippen LogP contribution in [-0.4, -0.2) is 16.5 Å². The largest absolute Gasteiger partial charge is 0.305 e. The van der Waals surface area contributed by atoms with Crippen molar-refractivity contribution < 1.29 is 0 Å². The van der Waals surface area contributed by atoms with Crippen molar-refractivity contribution in [2.24, 2.45) is 0 Å². The maximum atomic E-state index is 4.60. The maximum absolute atomic E-state index is 4.60. The van der Waals surface area contributed by atoms with Crippen molar-refractivity contribution in [2.75, 3.05) is 6.54 Å². The molecule has 0 aliphatic heterocycles. The molecule has 3 heteroatoms. The molecule has 0 spiro atoms. The number of rotatable bonds is 5. The van der Waals surface area contributed by atoms with Gasteiger partial charge in [-0.2, -0.15) is 0 Å². The number of aromatic nitrogens is 2. The fraction of sp³-hybridized carbons (Fsp3) is 0.286. The van der Waals surface area contributed by atoms with E-state index in [4.69, 9.17) is 0 Å². The summed E-state index contributed by atoms with van der Waals surface area (Å²) in [6, 6.07) is 7.97. The molecular formula is C14H17N3. The first kappa shape index (κ1) is 11.7. The Morgan fingerprint density at radius 1 is 1.35 bits per heavy atom. The lowest BCUT2D eigenvalue weighted by atomic mass is 10.2. The van der Waals surface area contributed by atoms with Gasteiger partial charge in [-0.15, -0.1) is 6.58 Å². The van der Waals surface area contributed by atoms with Crippen LogP contribution in [0.25, 0.3) is 11.0 Å². The van der Waals surface area contributed by atoms with Gasteiger partial charge in [0.25, 0.3) is 0 Å². The summed E-state index contributed by atoms with van der Waals surface area (Å²) in [6.45, 7) is 6.93. The molecule has 0 saturated heterocycles. The van der Waals surface area contributed by atoms with Crippen molar-refractivity contribution in [3.63, 3.8) is 0 Å². The molecule has 1 unspecified atom stereocenters. The molecule has 0 aliphatic rings. The van der Waals surface area contributed by atoms with Gasteiger partial charge in [-0.1, -0.05) is 25.1 Å². The minimum absolute atomic E-state index is 0.0760. The van der Waals surface area contributed by atoms with Crippen LogP contribution in [0.5, 0.6) is 0 Å². The second-order valence-corrected chi connectivity index (χ2v) is 3.95. The molecule has 17 heavy (non-hydrogen) atoms. The molecule has 1 atom stereocenters. The molecule has 1 aromatic heterocycles. The molecule has 1 aromatic carbocycles. The Morgan fingerprint density at radius 2 is 2.12 bits per heavy atom. The Labute approximate surface area is 102 Å². The van der Waals surface area contributed by atoms with Crippen molar-refractivity contribution in [2.45, 2.75) is 19.4 Å². The zero-order valence-corrected chi connectivity index (χ0v) is 10.1. The molecule has 0 radical (unpaired) electrons. The number of nitrogens with zero attached hydrogens (tertiary/aromatic N) is 2. The number of fused-ring (bicyclic) bond motifs is 1. The van der Waals surface area contributed by atoms with Gasteiger partial charge in [-0.3, -0.25) is 4.98 Å². The summed E-state index contributed by atoms with van der Waals surface area (Å²) < 4.78 is 0. The third-order valence-corrected chi connectivity index (χ3v) is 2.64. The average Bonchev–Trinajstić information content (AvgIpc) is 2.39. The Hall–Kier alpha value is -1.74. The van der Waals surface area contributed by atoms with Gasteiger partial charge in [0.15, 0.2) is 0 Å². The highest BCUT2D eigenvalue weighted by molar-refractivity contribution is 5.73. The highest BCUT2D eigenvalue weighted by Gasteiger charge is 2.08. The summed E-state index contributed by atoms with van der Waals surface area (Å²) in [5.41, 5.74) is 2.77. The molecule has 1 heterocycles. The van der Waals surface area contributed by atoms with Gasteiger partial charge in [0.2, 0.25) is 0 Å². The van der Waals surface area contributed by atoms with Crippen LogP contribution < -0.4 is 5.32 Å². The third-order valence-electron chi connectivity index (χ3n) is 2.64. The van der Waals surface area contributed by atoms with Crippen LogP contribution in [0.15, 0.2) is 43.1 Å². The van der Waals surface area contributed by atoms with E-state index in [1.807, 2.05) is 36.5 Å². The molecule has 0 amide bonds. The van der Waals surface area contributed by atoms with Gasteiger partial charge in [-0.25, -0.2) is 4.98 Å². The maximum Gasteiger partial charge on any atom is 0.0890 e. The molecular weight excluding hydrogens is 210 g/mol. The second-order valence-electron chi connectivity index (χ2n) is 3.95. The average molecular weight is 227 g/mol. The van der Waals surface area contributed by atoms with Gasteiger partial charge in [0, 0.05) is 0 Å². The van der Waals surface area contributed by atoms with Gasteiger partial charge in [0.1, 0.15) is 0 Å². The number of para-hydroxylation sites is 2. The quantitative estimate of drug-likeness (QED) is 0.798. The smallest absolute Gasteiger partial charge is 0.0890 e. The number of benzene rings is 1. The van der Waals surface area contributed by atoms with E-state index >= 15 is 0 Å². The Bertz CT molecular complexity index is 508. The predicted octanol–water partition coefficient (Wildman–Crippen LogP) is 2.86. The van der Waals surface area contributed by atoms with Crippen LogP contribution in [-0.2, 0) is 0 Å². The second kappa shape index (κ2) is 5.55. The third kappa shape index (κ3) is 2.68. The van der Waals surface area contributed by atoms with E-state index in [-0.39, 0.29) is 6.04 Å². The minimum Gasteiger partial charge on any atom is -0.305 e. The van der Waals surface area contributed by atoms with Crippen LogP contribution in [0, 0.1) is 0 Å². The monoisotopic (exact) mass is 227 g/mol. The van der Waals surface area contributed by atoms with Crippen molar-refractivity contribution in [1.82, 2.24) is 15.3 Å². The zero-order valence-electron chi connectivity index (χ0n) is 10.1. The van der Waals surface area contributed by atoms with Crippen LogP contribution >= 0.6 is 0 Å². The van der Waals surface area contributed by atoms with Crippen LogP contribution in [0.2, 0.25) is 0 Å². The lowest BCUT2D eigenvalue weighted by Crippen LogP contribution is -2.21. The summed E-state index contributed by atoms with van der Waals surface area (Å²) in [5, 5.41) is 3.38. The molecule has 2 aromatic rings. The van der Waals surface area contributed by atoms with Crippen molar-refractivity contribution >= 4 is 11.0 Å². The number of hydrogen-bond acceptors (Lipinski definition) is 3. The molecule has 0 bridgehead atoms. The summed E-state index contributed by atoms with van der Waals surface area (Å²) in [7, 11) is 0. The van der Waals surface area contributed by atoms with E-state index in [0.29, 0.717) is 0 Å². The topological polar surface area (TPSA) is 37.8 Å². The molecule has 2 rings (SSSR count). The molecule has 1 N–H and O–H groups in total. The van der Waals surface area contributed by atoms with E-state index in [0.717, 1.165) is 29.7 Å². The van der Waals surface area contributed by atoms with Crippen molar-refractivity contribution in [3.05, 3.63) is 48.8 Å². The first-order valence-corrected chi connectivity index (χ1v) is 5.92. The van der Waals surface area contributed by atoms with E-state index in [2.05, 4.69) is 28.8 Å². The van der Waals surface area contributed by atoms with E-state index in [9.17, 15) is 0 Å². The molecule has 0 fully saturated rings. The summed E-state index contributed by atoms with van der Waals surface area (Å²) >= 11 is 0. The van der Waals surface area contributed by atoms with Crippen molar-refractivity contribution in [1.29, 1.82) is 0 Å². The first-order valence-electron chi connectivity index (χ1n) is 5.92. The van der Waals surface area contributed by atoms with Crippen molar-refractivity contribution in [3.8, 4) is 0 Å². The van der Waals surface area contributed by atoms with Crippen LogP contribution in [0.4, 0.5) is 0 Å². The SMILES string of the molecule is C=CC(NCCC)c1cnc2ccccc2n1. The predicted molar refractivity (Wildman–Crippen MR) is 70.8 cm³/mol. The number of hydrogen-bond donors (Lipinski definition) is 1. The highest BCUT2D eigenvalue weighted by atomic mass is 14.9. The van der Waals surface area contributed by atoms with E-state index in [1.54, 1.807) is 0 Å². The summed E-state index contributed by atoms with van der Waals surface area (Å²) in [6.07, 6.45) is 4.77. The van der Waals surface area contributed by atoms with E-state index in [1.165, 1.54) is 0 Å². The van der Waals surface area contributed by atoms with Crippen LogP contribution in [0.1, 0.15) is 25.1 Å². The molecule has 0 saturated carbocycles. The Morgan fingerprint density at radius 3 is 2.82 bits per heavy atom. The molecule has 88 valence electrons. The van der Waals surface area contributed by atoms with Crippen LogP contribution in [0.3, 0.4) is 0 Å². The van der Waals surface area contributed by atoms with Gasteiger partial charge in [-0.05, 0) is 25.1 Å². The van der Waals surface area contributed by atoms with Gasteiger partial charge in [0.05, 0.1) is 29.0 Å². The van der Waals surface area contributed by atoms with Gasteiger partial charge >= 0.3 is 0 Å². The molecule has 0 aliphatic carbocycles.